The van der Waals surface area contributed by atoms with Gasteiger partial charge in [0.25, 0.3) is 0 Å². The molecule has 0 saturated carbocycles. The fourth-order valence-electron chi connectivity index (χ4n) is 1.98. The molecule has 5 heteroatoms. The molecule has 1 aromatic rings. The number of carbonyl (C=O) groups is 1. The fourth-order valence-corrected chi connectivity index (χ4v) is 2.90. The molecule has 1 aliphatic heterocycles. The molecule has 0 spiro atoms. The van der Waals surface area contributed by atoms with Crippen molar-refractivity contribution in [2.24, 2.45) is 0 Å². The Morgan fingerprint density at radius 3 is 3.12 bits per heavy atom. The van der Waals surface area contributed by atoms with Crippen LogP contribution in [0.2, 0.25) is 0 Å². The van der Waals surface area contributed by atoms with Gasteiger partial charge >= 0.3 is 5.97 Å². The number of nitrogens with zero attached hydrogens (tertiary/aromatic N) is 2. The maximum Gasteiger partial charge on any atom is 0.357 e. The van der Waals surface area contributed by atoms with E-state index in [9.17, 15) is 4.79 Å². The normalized spacial score (nSPS) is 20.9. The highest BCUT2D eigenvalue weighted by molar-refractivity contribution is 7.13. The third-order valence-corrected chi connectivity index (χ3v) is 3.81. The first-order valence-electron chi connectivity index (χ1n) is 5.53. The number of aromatic nitrogens is 1. The van der Waals surface area contributed by atoms with Crippen LogP contribution in [0.1, 0.15) is 36.7 Å². The van der Waals surface area contributed by atoms with Gasteiger partial charge in [0.1, 0.15) is 0 Å². The lowest BCUT2D eigenvalue weighted by molar-refractivity contribution is 0.0595. The number of hydrogen-bond donors (Lipinski definition) is 0. The van der Waals surface area contributed by atoms with Gasteiger partial charge in [0.05, 0.1) is 7.11 Å². The molecule has 0 radical (unpaired) electrons. The highest BCUT2D eigenvalue weighted by Crippen LogP contribution is 2.27. The highest BCUT2D eigenvalue weighted by Gasteiger charge is 2.22. The molecule has 16 heavy (non-hydrogen) atoms. The Labute approximate surface area is 99.2 Å². The van der Waals surface area contributed by atoms with Crippen molar-refractivity contribution in [3.8, 4) is 0 Å². The predicted octanol–water partition coefficient (Wildman–Crippen LogP) is 2.31. The van der Waals surface area contributed by atoms with E-state index in [-0.39, 0.29) is 5.97 Å². The van der Waals surface area contributed by atoms with Crippen LogP contribution in [-0.2, 0) is 4.74 Å². The summed E-state index contributed by atoms with van der Waals surface area (Å²) in [6.07, 6.45) is 3.69. The zero-order chi connectivity index (χ0) is 11.5. The molecule has 1 atom stereocenters. The monoisotopic (exact) mass is 240 g/mol. The summed E-state index contributed by atoms with van der Waals surface area (Å²) in [5.74, 6) is -0.354. The molecule has 2 heterocycles. The van der Waals surface area contributed by atoms with Crippen LogP contribution in [0.3, 0.4) is 0 Å². The van der Waals surface area contributed by atoms with Gasteiger partial charge in [0, 0.05) is 18.0 Å². The number of esters is 1. The molecular weight excluding hydrogens is 224 g/mol. The second-order valence-electron chi connectivity index (χ2n) is 4.05. The Hall–Kier alpha value is -1.10. The summed E-state index contributed by atoms with van der Waals surface area (Å²) >= 11 is 1.52. The minimum Gasteiger partial charge on any atom is -0.464 e. The Morgan fingerprint density at radius 2 is 2.44 bits per heavy atom. The van der Waals surface area contributed by atoms with Gasteiger partial charge in [-0.25, -0.2) is 9.78 Å². The topological polar surface area (TPSA) is 42.4 Å². The van der Waals surface area contributed by atoms with Gasteiger partial charge in [-0.2, -0.15) is 0 Å². The number of thiazole rings is 1. The summed E-state index contributed by atoms with van der Waals surface area (Å²) in [6, 6.07) is 0.519. The molecule has 88 valence electrons. The first-order valence-corrected chi connectivity index (χ1v) is 6.41. The van der Waals surface area contributed by atoms with E-state index in [4.69, 9.17) is 0 Å². The molecule has 0 bridgehead atoms. The summed E-state index contributed by atoms with van der Waals surface area (Å²) in [7, 11) is 1.38. The summed E-state index contributed by atoms with van der Waals surface area (Å²) in [5.41, 5.74) is 0.417. The molecule has 0 aliphatic carbocycles. The van der Waals surface area contributed by atoms with Crippen molar-refractivity contribution in [3.05, 3.63) is 11.1 Å². The van der Waals surface area contributed by atoms with E-state index in [1.54, 1.807) is 5.38 Å². The molecule has 0 amide bonds. The van der Waals surface area contributed by atoms with Crippen LogP contribution in [0.15, 0.2) is 5.38 Å². The van der Waals surface area contributed by atoms with Gasteiger partial charge in [0.2, 0.25) is 0 Å². The average Bonchev–Trinajstić information content (AvgIpc) is 2.78. The maximum absolute atomic E-state index is 11.3. The summed E-state index contributed by atoms with van der Waals surface area (Å²) in [4.78, 5) is 17.9. The SMILES string of the molecule is COC(=O)c1csc(N2CCCCC2C)n1. The molecule has 2 rings (SSSR count). The third kappa shape index (κ3) is 2.19. The first kappa shape index (κ1) is 11.4. The Bertz CT molecular complexity index is 378. The van der Waals surface area contributed by atoms with Crippen LogP contribution in [0.25, 0.3) is 0 Å². The number of carbonyl (C=O) groups excluding carboxylic acids is 1. The average molecular weight is 240 g/mol. The molecule has 1 fully saturated rings. The molecule has 1 aliphatic rings. The van der Waals surface area contributed by atoms with E-state index >= 15 is 0 Å². The van der Waals surface area contributed by atoms with Crippen molar-refractivity contribution < 1.29 is 9.53 Å². The van der Waals surface area contributed by atoms with Crippen LogP contribution in [0, 0.1) is 0 Å². The molecule has 0 aromatic carbocycles. The van der Waals surface area contributed by atoms with E-state index in [1.165, 1.54) is 37.7 Å². The van der Waals surface area contributed by atoms with E-state index < -0.39 is 0 Å². The van der Waals surface area contributed by atoms with Crippen LogP contribution in [0.5, 0.6) is 0 Å². The number of piperidine rings is 1. The minimum absolute atomic E-state index is 0.354. The predicted molar refractivity (Wildman–Crippen MR) is 64.1 cm³/mol. The summed E-state index contributed by atoms with van der Waals surface area (Å²) < 4.78 is 4.65. The fraction of sp³-hybridized carbons (Fsp3) is 0.636. The second-order valence-corrected chi connectivity index (χ2v) is 4.88. The lowest BCUT2D eigenvalue weighted by Crippen LogP contribution is -2.37. The van der Waals surface area contributed by atoms with Gasteiger partial charge in [-0.05, 0) is 26.2 Å². The molecule has 1 saturated heterocycles. The molecule has 0 N–H and O–H groups in total. The van der Waals surface area contributed by atoms with Crippen molar-refractivity contribution >= 4 is 22.4 Å². The highest BCUT2D eigenvalue weighted by atomic mass is 32.1. The maximum atomic E-state index is 11.3. The third-order valence-electron chi connectivity index (χ3n) is 2.94. The summed E-state index contributed by atoms with van der Waals surface area (Å²) in [5, 5.41) is 2.70. The van der Waals surface area contributed by atoms with Gasteiger partial charge < -0.3 is 9.64 Å². The second kappa shape index (κ2) is 4.82. The first-order chi connectivity index (χ1) is 7.72. The number of ether oxygens (including phenoxy) is 1. The number of methoxy groups -OCH3 is 1. The van der Waals surface area contributed by atoms with Gasteiger partial charge in [-0.3, -0.25) is 0 Å². The van der Waals surface area contributed by atoms with Gasteiger partial charge in [-0.1, -0.05) is 0 Å². The van der Waals surface area contributed by atoms with Crippen LogP contribution in [0.4, 0.5) is 5.13 Å². The van der Waals surface area contributed by atoms with E-state index in [2.05, 4.69) is 21.5 Å². The molecule has 1 aromatic heterocycles. The van der Waals surface area contributed by atoms with E-state index in [0.29, 0.717) is 11.7 Å². The largest absolute Gasteiger partial charge is 0.464 e. The zero-order valence-electron chi connectivity index (χ0n) is 9.60. The van der Waals surface area contributed by atoms with Crippen molar-refractivity contribution in [3.63, 3.8) is 0 Å². The Balaban J connectivity index is 2.14. The van der Waals surface area contributed by atoms with Crippen molar-refractivity contribution in [2.45, 2.75) is 32.2 Å². The number of rotatable bonds is 2. The molecule has 1 unspecified atom stereocenters. The van der Waals surface area contributed by atoms with Crippen molar-refractivity contribution in [2.75, 3.05) is 18.6 Å². The quantitative estimate of drug-likeness (QED) is 0.744. The van der Waals surface area contributed by atoms with Gasteiger partial charge in [-0.15, -0.1) is 11.3 Å². The zero-order valence-corrected chi connectivity index (χ0v) is 10.4. The Morgan fingerprint density at radius 1 is 1.62 bits per heavy atom. The van der Waals surface area contributed by atoms with Crippen molar-refractivity contribution in [1.82, 2.24) is 4.98 Å². The van der Waals surface area contributed by atoms with Crippen molar-refractivity contribution in [1.29, 1.82) is 0 Å². The van der Waals surface area contributed by atoms with Gasteiger partial charge in [0.15, 0.2) is 10.8 Å². The summed E-state index contributed by atoms with van der Waals surface area (Å²) in [6.45, 7) is 3.24. The Kier molecular flexibility index (Phi) is 3.43. The lowest BCUT2D eigenvalue weighted by Gasteiger charge is -2.32. The van der Waals surface area contributed by atoms with E-state index in [0.717, 1.165) is 11.7 Å². The molecular formula is C11H16N2O2S. The smallest absolute Gasteiger partial charge is 0.357 e. The van der Waals surface area contributed by atoms with E-state index in [1.807, 2.05) is 0 Å². The van der Waals surface area contributed by atoms with Crippen LogP contribution >= 0.6 is 11.3 Å². The minimum atomic E-state index is -0.354. The van der Waals surface area contributed by atoms with Crippen LogP contribution < -0.4 is 4.90 Å². The number of anilines is 1. The number of hydrogen-bond acceptors (Lipinski definition) is 5. The standard InChI is InChI=1S/C11H16N2O2S/c1-8-5-3-4-6-13(8)11-12-9(7-16-11)10(14)15-2/h7-8H,3-6H2,1-2H3. The molecule has 4 nitrogen and oxygen atoms in total. The lowest BCUT2D eigenvalue weighted by atomic mass is 10.1. The van der Waals surface area contributed by atoms with Crippen LogP contribution in [-0.4, -0.2) is 30.6 Å².